The van der Waals surface area contributed by atoms with Crippen LogP contribution in [0.15, 0.2) is 54.6 Å². The minimum Gasteiger partial charge on any atom is -0.366 e. The molecule has 1 saturated heterocycles. The summed E-state index contributed by atoms with van der Waals surface area (Å²) in [6, 6.07) is 15.7. The number of aryl methyl sites for hydroxylation is 1. The van der Waals surface area contributed by atoms with E-state index < -0.39 is 23.2 Å². The van der Waals surface area contributed by atoms with Crippen LogP contribution in [0.4, 0.5) is 10.1 Å². The number of carbonyl (C=O) groups is 2. The van der Waals surface area contributed by atoms with Gasteiger partial charge in [-0.1, -0.05) is 41.4 Å². The number of hydrogen-bond acceptors (Lipinski definition) is 4. The number of benzene rings is 3. The number of primary amides is 1. The van der Waals surface area contributed by atoms with E-state index >= 15 is 4.39 Å². The molecule has 2 amide bonds. The number of nitrogens with two attached hydrogens (primary N) is 1. The zero-order chi connectivity index (χ0) is 28.2. The van der Waals surface area contributed by atoms with Crippen LogP contribution in [0, 0.1) is 11.7 Å². The molecule has 0 bridgehead atoms. The molecule has 4 heterocycles. The van der Waals surface area contributed by atoms with Crippen LogP contribution in [-0.2, 0) is 16.9 Å². The number of nitrogens with zero attached hydrogens (tertiary/aromatic N) is 3. The van der Waals surface area contributed by atoms with Gasteiger partial charge in [-0.25, -0.2) is 9.37 Å². The monoisotopic (exact) mass is 589 g/mol. The standard InChI is InChI=1S/C31H26Cl2FN5O2/c32-17-7-8-19-22(13-17)37-30(41)31(19)26(18-2-1-3-20(33)27(18)34)25-23(39(31)14-15-4-5-15)10-11-38-24-12-16(28(35)40)6-9-21(24)36-29(25)38/h1-3,6-9,12-13,15,23,25-26H,4-5,10-11,14H2,(H2,35,40)(H,37,41)/t23-,25+,26-,31+/m0/s1. The molecule has 4 atom stereocenters. The molecule has 1 aliphatic carbocycles. The second kappa shape index (κ2) is 8.77. The molecule has 8 rings (SSSR count). The van der Waals surface area contributed by atoms with Gasteiger partial charge in [0.1, 0.15) is 17.2 Å². The number of anilines is 1. The third kappa shape index (κ3) is 3.44. The van der Waals surface area contributed by atoms with Crippen LogP contribution >= 0.6 is 23.2 Å². The highest BCUT2D eigenvalue weighted by molar-refractivity contribution is 6.31. The Hall–Kier alpha value is -3.46. The molecule has 3 aliphatic heterocycles. The smallest absolute Gasteiger partial charge is 0.250 e. The Balaban J connectivity index is 1.43. The average Bonchev–Trinajstić information content (AvgIpc) is 3.54. The molecule has 3 N–H and O–H groups in total. The van der Waals surface area contributed by atoms with Gasteiger partial charge in [0.05, 0.1) is 16.1 Å². The molecule has 4 aliphatic rings. The predicted molar refractivity (Wildman–Crippen MR) is 155 cm³/mol. The topological polar surface area (TPSA) is 93.2 Å². The molecule has 3 aromatic carbocycles. The second-order valence-electron chi connectivity index (χ2n) is 11.7. The largest absolute Gasteiger partial charge is 0.366 e. The van der Waals surface area contributed by atoms with E-state index in [1.165, 1.54) is 6.07 Å². The maximum Gasteiger partial charge on any atom is 0.250 e. The third-order valence-corrected chi connectivity index (χ3v) is 10.1. The van der Waals surface area contributed by atoms with E-state index in [2.05, 4.69) is 14.8 Å². The highest BCUT2D eigenvalue weighted by atomic mass is 35.5. The summed E-state index contributed by atoms with van der Waals surface area (Å²) in [5.74, 6) is -0.930. The van der Waals surface area contributed by atoms with Crippen LogP contribution in [0.2, 0.25) is 10.0 Å². The number of nitrogens with one attached hydrogen (secondary N) is 1. The molecule has 10 heteroatoms. The van der Waals surface area contributed by atoms with Crippen molar-refractivity contribution >= 4 is 51.7 Å². The van der Waals surface area contributed by atoms with Crippen molar-refractivity contribution in [2.24, 2.45) is 11.7 Å². The number of halogens is 3. The summed E-state index contributed by atoms with van der Waals surface area (Å²) in [7, 11) is 0. The van der Waals surface area contributed by atoms with Crippen LogP contribution in [0.1, 0.15) is 58.4 Å². The Morgan fingerprint density at radius 3 is 2.73 bits per heavy atom. The lowest BCUT2D eigenvalue weighted by Crippen LogP contribution is -2.53. The number of carbonyl (C=O) groups excluding carboxylic acids is 2. The number of hydrogen-bond donors (Lipinski definition) is 2. The molecule has 7 nitrogen and oxygen atoms in total. The maximum absolute atomic E-state index is 16.2. The number of amides is 2. The molecule has 1 saturated carbocycles. The maximum atomic E-state index is 16.2. The summed E-state index contributed by atoms with van der Waals surface area (Å²) >= 11 is 12.8. The summed E-state index contributed by atoms with van der Waals surface area (Å²) in [5.41, 5.74) is 8.19. The fraction of sp³-hybridized carbons (Fsp3) is 0.323. The Labute approximate surface area is 245 Å². The van der Waals surface area contributed by atoms with Crippen LogP contribution in [0.5, 0.6) is 0 Å². The van der Waals surface area contributed by atoms with Crippen molar-refractivity contribution in [1.29, 1.82) is 0 Å². The molecule has 1 spiro atoms. The van der Waals surface area contributed by atoms with Gasteiger partial charge in [-0.3, -0.25) is 14.5 Å². The molecule has 4 aromatic rings. The van der Waals surface area contributed by atoms with Gasteiger partial charge in [0.2, 0.25) is 11.8 Å². The molecular weight excluding hydrogens is 564 g/mol. The Morgan fingerprint density at radius 1 is 1.12 bits per heavy atom. The summed E-state index contributed by atoms with van der Waals surface area (Å²) in [5, 5.41) is 3.64. The number of imidazole rings is 1. The molecule has 0 unspecified atom stereocenters. The first-order chi connectivity index (χ1) is 19.8. The van der Waals surface area contributed by atoms with Gasteiger partial charge < -0.3 is 15.6 Å². The van der Waals surface area contributed by atoms with Gasteiger partial charge in [-0.2, -0.15) is 0 Å². The van der Waals surface area contributed by atoms with Crippen molar-refractivity contribution in [3.63, 3.8) is 0 Å². The van der Waals surface area contributed by atoms with Crippen molar-refractivity contribution in [3.05, 3.63) is 93.0 Å². The van der Waals surface area contributed by atoms with Crippen LogP contribution in [0.3, 0.4) is 0 Å². The Bertz CT molecular complexity index is 1800. The number of rotatable bonds is 4. The lowest BCUT2D eigenvalue weighted by molar-refractivity contribution is -0.128. The molecule has 0 radical (unpaired) electrons. The number of fused-ring (bicyclic) bond motifs is 7. The highest BCUT2D eigenvalue weighted by Crippen LogP contribution is 2.64. The third-order valence-electron chi connectivity index (χ3n) is 9.54. The first-order valence-electron chi connectivity index (χ1n) is 13.9. The first kappa shape index (κ1) is 25.3. The lowest BCUT2D eigenvalue weighted by Gasteiger charge is -2.40. The summed E-state index contributed by atoms with van der Waals surface area (Å²) in [4.78, 5) is 33.9. The van der Waals surface area contributed by atoms with Crippen LogP contribution in [0.25, 0.3) is 11.0 Å². The van der Waals surface area contributed by atoms with Gasteiger partial charge in [-0.15, -0.1) is 0 Å². The fourth-order valence-corrected chi connectivity index (χ4v) is 8.10. The van der Waals surface area contributed by atoms with Crippen LogP contribution < -0.4 is 11.1 Å². The predicted octanol–water partition coefficient (Wildman–Crippen LogP) is 5.79. The average molecular weight is 590 g/mol. The van der Waals surface area contributed by atoms with Gasteiger partial charge in [0.25, 0.3) is 0 Å². The molecule has 2 fully saturated rings. The number of aromatic nitrogens is 2. The Morgan fingerprint density at radius 2 is 1.95 bits per heavy atom. The molecular formula is C31H26Cl2FN5O2. The zero-order valence-corrected chi connectivity index (χ0v) is 23.4. The van der Waals surface area contributed by atoms with Gasteiger partial charge in [0.15, 0.2) is 0 Å². The second-order valence-corrected chi connectivity index (χ2v) is 12.5. The Kier molecular flexibility index (Phi) is 5.40. The van der Waals surface area contributed by atoms with E-state index in [0.717, 1.165) is 48.2 Å². The first-order valence-corrected chi connectivity index (χ1v) is 14.7. The lowest BCUT2D eigenvalue weighted by atomic mass is 9.70. The molecule has 41 heavy (non-hydrogen) atoms. The summed E-state index contributed by atoms with van der Waals surface area (Å²) < 4.78 is 18.3. The van der Waals surface area contributed by atoms with E-state index in [1.807, 2.05) is 6.07 Å². The van der Waals surface area contributed by atoms with Crippen LogP contribution in [-0.4, -0.2) is 38.9 Å². The zero-order valence-electron chi connectivity index (χ0n) is 21.9. The van der Waals surface area contributed by atoms with Gasteiger partial charge in [0, 0.05) is 52.8 Å². The normalized spacial score (nSPS) is 26.7. The van der Waals surface area contributed by atoms with E-state index in [-0.39, 0.29) is 22.9 Å². The van der Waals surface area contributed by atoms with Crippen molar-refractivity contribution in [3.8, 4) is 0 Å². The highest BCUT2D eigenvalue weighted by Gasteiger charge is 2.69. The SMILES string of the molecule is NC(=O)c1ccc2nc3n(c2c1)CC[C@H]1[C@@H]3[C@H](c2cccc(Cl)c2F)[C@]2(C(=O)Nc3cc(Cl)ccc32)N1CC1CC1. The van der Waals surface area contributed by atoms with E-state index in [9.17, 15) is 9.59 Å². The van der Waals surface area contributed by atoms with Crippen molar-refractivity contribution in [2.75, 3.05) is 11.9 Å². The summed E-state index contributed by atoms with van der Waals surface area (Å²) in [6.45, 7) is 1.37. The van der Waals surface area contributed by atoms with Gasteiger partial charge >= 0.3 is 0 Å². The van der Waals surface area contributed by atoms with Gasteiger partial charge in [-0.05, 0) is 67.1 Å². The minimum atomic E-state index is -1.19. The quantitative estimate of drug-likeness (QED) is 0.315. The van der Waals surface area contributed by atoms with E-state index in [0.29, 0.717) is 34.3 Å². The number of likely N-dealkylation sites (tertiary alicyclic amines) is 1. The molecule has 1 aromatic heterocycles. The minimum absolute atomic E-state index is 0.0139. The fourth-order valence-electron chi connectivity index (χ4n) is 7.74. The molecule has 208 valence electrons. The van der Waals surface area contributed by atoms with Crippen molar-refractivity contribution < 1.29 is 14.0 Å². The van der Waals surface area contributed by atoms with E-state index in [1.54, 1.807) is 42.5 Å². The van der Waals surface area contributed by atoms with E-state index in [4.69, 9.17) is 33.9 Å². The van der Waals surface area contributed by atoms with Crippen molar-refractivity contribution in [1.82, 2.24) is 14.5 Å². The summed E-state index contributed by atoms with van der Waals surface area (Å²) in [6.07, 6.45) is 2.93. The van der Waals surface area contributed by atoms with Crippen molar-refractivity contribution in [2.45, 2.75) is 49.2 Å².